The number of ether oxygens (including phenoxy) is 2. The Morgan fingerprint density at radius 3 is 2.31 bits per heavy atom. The molecule has 1 saturated carbocycles. The number of fused-ring (bicyclic) bond motifs is 3. The number of hydrogen-bond acceptors (Lipinski definition) is 5. The summed E-state index contributed by atoms with van der Waals surface area (Å²) in [5, 5.41) is 12.5. The summed E-state index contributed by atoms with van der Waals surface area (Å²) < 4.78 is 11.0. The SMILES string of the molecule is COC1CC(C(=O)O)N(C(=O)[C@@H]2CCC[C@@H]2NC(=O)OCC2c3ccccc3-c3ccccc32)C1. The second-order valence-corrected chi connectivity index (χ2v) is 9.55. The molecule has 2 fully saturated rings. The topological polar surface area (TPSA) is 105 Å². The Morgan fingerprint density at radius 2 is 1.69 bits per heavy atom. The summed E-state index contributed by atoms with van der Waals surface area (Å²) >= 11 is 0. The third-order valence-corrected chi connectivity index (χ3v) is 7.64. The Hall–Kier alpha value is -3.39. The van der Waals surface area contributed by atoms with Gasteiger partial charge in [-0.1, -0.05) is 55.0 Å². The average Bonchev–Trinajstić information content (AvgIpc) is 3.58. The van der Waals surface area contributed by atoms with Gasteiger partial charge < -0.3 is 24.8 Å². The van der Waals surface area contributed by atoms with Crippen LogP contribution < -0.4 is 5.32 Å². The summed E-state index contributed by atoms with van der Waals surface area (Å²) in [6, 6.07) is 15.0. The molecular weight excluding hydrogens is 448 g/mol. The first-order chi connectivity index (χ1) is 17.0. The minimum absolute atomic E-state index is 0.0407. The van der Waals surface area contributed by atoms with Gasteiger partial charge >= 0.3 is 12.1 Å². The van der Waals surface area contributed by atoms with Crippen LogP contribution in [0.25, 0.3) is 11.1 Å². The maximum absolute atomic E-state index is 13.3. The van der Waals surface area contributed by atoms with E-state index in [9.17, 15) is 19.5 Å². The lowest BCUT2D eigenvalue weighted by Crippen LogP contribution is -2.49. The normalized spacial score (nSPS) is 25.2. The molecule has 2 N–H and O–H groups in total. The summed E-state index contributed by atoms with van der Waals surface area (Å²) in [6.45, 7) is 0.453. The minimum atomic E-state index is -1.03. The number of rotatable bonds is 6. The second kappa shape index (κ2) is 9.70. The van der Waals surface area contributed by atoms with Crippen molar-refractivity contribution in [1.29, 1.82) is 0 Å². The zero-order valence-electron chi connectivity index (χ0n) is 19.7. The number of amides is 2. The standard InChI is InChI=1S/C27H30N2O6/c1-34-16-13-24(26(31)32)29(14-16)25(30)21-11-6-12-23(21)28-27(33)35-15-22-19-9-4-2-7-17(19)18-8-3-5-10-20(18)22/h2-5,7-10,16,21-24H,6,11-15H2,1H3,(H,28,33)(H,31,32)/t16?,21-,23+,24?/m1/s1. The molecule has 1 heterocycles. The lowest BCUT2D eigenvalue weighted by Gasteiger charge is -2.28. The number of methoxy groups -OCH3 is 1. The van der Waals surface area contributed by atoms with E-state index in [0.29, 0.717) is 12.8 Å². The Balaban J connectivity index is 1.23. The molecule has 5 rings (SSSR count). The van der Waals surface area contributed by atoms with Crippen LogP contribution in [0.1, 0.15) is 42.7 Å². The first kappa shape index (κ1) is 23.4. The minimum Gasteiger partial charge on any atom is -0.480 e. The third kappa shape index (κ3) is 4.38. The molecular formula is C27H30N2O6. The number of hydrogen-bond donors (Lipinski definition) is 2. The molecule has 3 aliphatic rings. The smallest absolute Gasteiger partial charge is 0.407 e. The zero-order chi connectivity index (χ0) is 24.5. The Morgan fingerprint density at radius 1 is 1.03 bits per heavy atom. The van der Waals surface area contributed by atoms with E-state index in [1.165, 1.54) is 12.0 Å². The van der Waals surface area contributed by atoms with Gasteiger partial charge in [-0.25, -0.2) is 9.59 Å². The van der Waals surface area contributed by atoms with E-state index in [1.807, 2.05) is 24.3 Å². The van der Waals surface area contributed by atoms with E-state index < -0.39 is 24.0 Å². The highest BCUT2D eigenvalue weighted by molar-refractivity contribution is 5.87. The Labute approximate surface area is 204 Å². The molecule has 2 aromatic rings. The van der Waals surface area contributed by atoms with Gasteiger partial charge in [0.1, 0.15) is 12.6 Å². The molecule has 0 spiro atoms. The fourth-order valence-electron chi connectivity index (χ4n) is 5.88. The fraction of sp³-hybridized carbons (Fsp3) is 0.444. The van der Waals surface area contributed by atoms with Crippen LogP contribution in [-0.2, 0) is 19.1 Å². The lowest BCUT2D eigenvalue weighted by atomic mass is 9.98. The molecule has 0 bridgehead atoms. The summed E-state index contributed by atoms with van der Waals surface area (Å²) in [5.41, 5.74) is 4.59. The van der Waals surface area contributed by atoms with Crippen molar-refractivity contribution in [3.05, 3.63) is 59.7 Å². The van der Waals surface area contributed by atoms with Crippen LogP contribution in [-0.4, -0.2) is 66.4 Å². The van der Waals surface area contributed by atoms with Crippen molar-refractivity contribution in [1.82, 2.24) is 10.2 Å². The first-order valence-electron chi connectivity index (χ1n) is 12.2. The van der Waals surface area contributed by atoms with Crippen molar-refractivity contribution in [2.75, 3.05) is 20.3 Å². The maximum Gasteiger partial charge on any atom is 0.407 e. The third-order valence-electron chi connectivity index (χ3n) is 7.64. The van der Waals surface area contributed by atoms with Gasteiger partial charge in [0.25, 0.3) is 0 Å². The highest BCUT2D eigenvalue weighted by atomic mass is 16.5. The molecule has 0 aromatic heterocycles. The summed E-state index contributed by atoms with van der Waals surface area (Å²) in [5.74, 6) is -1.77. The van der Waals surface area contributed by atoms with Crippen LogP contribution in [0.3, 0.4) is 0 Å². The lowest BCUT2D eigenvalue weighted by molar-refractivity contribution is -0.150. The van der Waals surface area contributed by atoms with Crippen LogP contribution in [0, 0.1) is 5.92 Å². The van der Waals surface area contributed by atoms with E-state index in [4.69, 9.17) is 9.47 Å². The largest absolute Gasteiger partial charge is 0.480 e. The van der Waals surface area contributed by atoms with Gasteiger partial charge in [0.05, 0.1) is 12.0 Å². The van der Waals surface area contributed by atoms with Crippen LogP contribution >= 0.6 is 0 Å². The first-order valence-corrected chi connectivity index (χ1v) is 12.2. The van der Waals surface area contributed by atoms with Crippen LogP contribution in [0.4, 0.5) is 4.79 Å². The van der Waals surface area contributed by atoms with Gasteiger partial charge in [-0.05, 0) is 35.1 Å². The summed E-state index contributed by atoms with van der Waals surface area (Å²) in [7, 11) is 1.52. The number of carbonyl (C=O) groups is 3. The predicted octanol–water partition coefficient (Wildman–Crippen LogP) is 3.39. The van der Waals surface area contributed by atoms with Crippen LogP contribution in [0.15, 0.2) is 48.5 Å². The second-order valence-electron chi connectivity index (χ2n) is 9.55. The van der Waals surface area contributed by atoms with E-state index in [0.717, 1.165) is 28.7 Å². The van der Waals surface area contributed by atoms with Crippen molar-refractivity contribution in [2.45, 2.75) is 49.8 Å². The van der Waals surface area contributed by atoms with E-state index in [1.54, 1.807) is 0 Å². The molecule has 1 saturated heterocycles. The van der Waals surface area contributed by atoms with Crippen molar-refractivity contribution >= 4 is 18.0 Å². The van der Waals surface area contributed by atoms with Gasteiger partial charge in [-0.15, -0.1) is 0 Å². The molecule has 8 heteroatoms. The van der Waals surface area contributed by atoms with Gasteiger partial charge in [-0.2, -0.15) is 0 Å². The number of carboxylic acid groups (broad SMARTS) is 1. The molecule has 2 aliphatic carbocycles. The number of nitrogens with zero attached hydrogens (tertiary/aromatic N) is 1. The van der Waals surface area contributed by atoms with Gasteiger partial charge in [0, 0.05) is 32.0 Å². The average molecular weight is 479 g/mol. The van der Waals surface area contributed by atoms with Crippen molar-refractivity contribution < 1.29 is 29.0 Å². The van der Waals surface area contributed by atoms with Gasteiger partial charge in [0.15, 0.2) is 0 Å². The highest BCUT2D eigenvalue weighted by Crippen LogP contribution is 2.44. The molecule has 2 amide bonds. The molecule has 35 heavy (non-hydrogen) atoms. The van der Waals surface area contributed by atoms with E-state index in [-0.39, 0.29) is 43.5 Å². The van der Waals surface area contributed by atoms with Crippen molar-refractivity contribution in [3.63, 3.8) is 0 Å². The number of alkyl carbamates (subject to hydrolysis) is 1. The number of aliphatic carboxylic acids is 1. The van der Waals surface area contributed by atoms with E-state index in [2.05, 4.69) is 29.6 Å². The number of carboxylic acids is 1. The molecule has 2 aromatic carbocycles. The molecule has 1 aliphatic heterocycles. The number of benzene rings is 2. The zero-order valence-corrected chi connectivity index (χ0v) is 19.7. The number of likely N-dealkylation sites (tertiary alicyclic amines) is 1. The van der Waals surface area contributed by atoms with Crippen LogP contribution in [0.5, 0.6) is 0 Å². The molecule has 2 unspecified atom stereocenters. The molecule has 184 valence electrons. The van der Waals surface area contributed by atoms with Crippen molar-refractivity contribution in [3.8, 4) is 11.1 Å². The van der Waals surface area contributed by atoms with Crippen molar-refractivity contribution in [2.24, 2.45) is 5.92 Å². The monoisotopic (exact) mass is 478 g/mol. The highest BCUT2D eigenvalue weighted by Gasteiger charge is 2.45. The molecule has 0 radical (unpaired) electrons. The fourth-order valence-corrected chi connectivity index (χ4v) is 5.88. The predicted molar refractivity (Wildman–Crippen MR) is 128 cm³/mol. The van der Waals surface area contributed by atoms with Crippen LogP contribution in [0.2, 0.25) is 0 Å². The Kier molecular flexibility index (Phi) is 6.47. The molecule has 4 atom stereocenters. The van der Waals surface area contributed by atoms with Gasteiger partial charge in [0.2, 0.25) is 5.91 Å². The maximum atomic E-state index is 13.3. The van der Waals surface area contributed by atoms with E-state index >= 15 is 0 Å². The quantitative estimate of drug-likeness (QED) is 0.659. The summed E-state index contributed by atoms with van der Waals surface area (Å²) in [6.07, 6.45) is 1.46. The van der Waals surface area contributed by atoms with Gasteiger partial charge in [-0.3, -0.25) is 4.79 Å². The summed E-state index contributed by atoms with van der Waals surface area (Å²) in [4.78, 5) is 39.1. The number of carbonyl (C=O) groups excluding carboxylic acids is 2. The Bertz CT molecular complexity index is 1090. The molecule has 8 nitrogen and oxygen atoms in total. The number of nitrogens with one attached hydrogen (secondary N) is 1.